The fourth-order valence-corrected chi connectivity index (χ4v) is 1.25. The second-order valence-electron chi connectivity index (χ2n) is 2.54. The number of benzene rings is 2. The molecule has 2 radical (unpaired) electrons. The highest BCUT2D eigenvalue weighted by molar-refractivity contribution is 5.97. The van der Waals surface area contributed by atoms with Crippen LogP contribution in [0, 0.1) is 6.07 Å². The van der Waals surface area contributed by atoms with Gasteiger partial charge in [0.2, 0.25) is 6.29 Å². The third kappa shape index (κ3) is 0.996. The van der Waals surface area contributed by atoms with Crippen molar-refractivity contribution < 1.29 is 4.79 Å². The lowest BCUT2D eigenvalue weighted by atomic mass is 10.1. The van der Waals surface area contributed by atoms with E-state index < -0.39 is 0 Å². The van der Waals surface area contributed by atoms with Crippen molar-refractivity contribution in [3.63, 3.8) is 0 Å². The fourth-order valence-electron chi connectivity index (χ4n) is 1.25. The number of fused-ring (bicyclic) bond motifs is 1. The molecular formula is C11H6O. The van der Waals surface area contributed by atoms with Crippen LogP contribution in [0.3, 0.4) is 0 Å². The van der Waals surface area contributed by atoms with Gasteiger partial charge in [0.05, 0.1) is 0 Å². The summed E-state index contributed by atoms with van der Waals surface area (Å²) in [6.07, 6.45) is 1.86. The van der Waals surface area contributed by atoms with Crippen molar-refractivity contribution in [1.29, 1.82) is 0 Å². The van der Waals surface area contributed by atoms with Gasteiger partial charge in [0.1, 0.15) is 0 Å². The minimum absolute atomic E-state index is 0.508. The molecule has 0 saturated heterocycles. The topological polar surface area (TPSA) is 17.1 Å². The summed E-state index contributed by atoms with van der Waals surface area (Å²) in [4.78, 5) is 10.5. The van der Waals surface area contributed by atoms with E-state index >= 15 is 0 Å². The summed E-state index contributed by atoms with van der Waals surface area (Å²) in [5, 5.41) is 1.96. The Balaban J connectivity index is 2.88. The van der Waals surface area contributed by atoms with Crippen LogP contribution in [0.15, 0.2) is 36.4 Å². The Hall–Kier alpha value is -1.63. The van der Waals surface area contributed by atoms with Gasteiger partial charge in [0.15, 0.2) is 0 Å². The molecule has 0 bridgehead atoms. The molecule has 0 heterocycles. The first-order chi connectivity index (χ1) is 5.92. The van der Waals surface area contributed by atoms with Gasteiger partial charge < -0.3 is 0 Å². The van der Waals surface area contributed by atoms with Crippen molar-refractivity contribution in [3.8, 4) is 0 Å². The number of hydrogen-bond acceptors (Lipinski definition) is 1. The first-order valence-electron chi connectivity index (χ1n) is 3.69. The third-order valence-electron chi connectivity index (χ3n) is 1.82. The SMILES string of the molecule is O=[C]c1[c]ccc2ccccc12. The van der Waals surface area contributed by atoms with Crippen molar-refractivity contribution in [2.75, 3.05) is 0 Å². The minimum Gasteiger partial charge on any atom is -0.285 e. The Labute approximate surface area is 70.6 Å². The highest BCUT2D eigenvalue weighted by atomic mass is 16.1. The van der Waals surface area contributed by atoms with Crippen LogP contribution in [-0.2, 0) is 4.79 Å². The van der Waals surface area contributed by atoms with E-state index in [1.54, 1.807) is 6.07 Å². The van der Waals surface area contributed by atoms with Gasteiger partial charge in [-0.05, 0) is 16.8 Å². The van der Waals surface area contributed by atoms with Crippen molar-refractivity contribution in [3.05, 3.63) is 48.0 Å². The summed E-state index contributed by atoms with van der Waals surface area (Å²) in [6, 6.07) is 14.2. The zero-order valence-corrected chi connectivity index (χ0v) is 6.37. The Morgan fingerprint density at radius 2 is 2.00 bits per heavy atom. The quantitative estimate of drug-likeness (QED) is 0.614. The Morgan fingerprint density at radius 3 is 2.83 bits per heavy atom. The van der Waals surface area contributed by atoms with Crippen molar-refractivity contribution in [1.82, 2.24) is 0 Å². The summed E-state index contributed by atoms with van der Waals surface area (Å²) in [5.74, 6) is 0. The lowest BCUT2D eigenvalue weighted by Gasteiger charge is -1.97. The molecule has 0 N–H and O–H groups in total. The molecule has 1 nitrogen and oxygen atoms in total. The van der Waals surface area contributed by atoms with Gasteiger partial charge in [-0.3, -0.25) is 4.79 Å². The standard InChI is InChI=1S/C11H6O/c12-8-10-6-3-5-9-4-1-2-7-11(9)10/h1-5,7H. The van der Waals surface area contributed by atoms with E-state index in [0.717, 1.165) is 10.8 Å². The Bertz CT molecular complexity index is 413. The molecule has 0 amide bonds. The molecule has 0 atom stereocenters. The summed E-state index contributed by atoms with van der Waals surface area (Å²) in [6.45, 7) is 0. The molecule has 0 aliphatic heterocycles. The molecule has 2 rings (SSSR count). The fraction of sp³-hybridized carbons (Fsp3) is 0. The van der Waals surface area contributed by atoms with Crippen molar-refractivity contribution >= 4 is 17.1 Å². The second-order valence-corrected chi connectivity index (χ2v) is 2.54. The molecule has 0 aliphatic carbocycles. The van der Waals surface area contributed by atoms with Crippen LogP contribution in [0.1, 0.15) is 5.56 Å². The van der Waals surface area contributed by atoms with E-state index in [1.165, 1.54) is 0 Å². The largest absolute Gasteiger partial charge is 0.285 e. The van der Waals surface area contributed by atoms with Gasteiger partial charge in [0, 0.05) is 5.56 Å². The molecule has 2 aromatic rings. The van der Waals surface area contributed by atoms with Gasteiger partial charge in [-0.25, -0.2) is 0 Å². The van der Waals surface area contributed by atoms with Gasteiger partial charge in [-0.1, -0.05) is 36.4 Å². The number of carbonyl (C=O) groups excluding carboxylic acids is 1. The minimum atomic E-state index is 0.508. The molecule has 0 aromatic heterocycles. The lowest BCUT2D eigenvalue weighted by molar-refractivity contribution is 0.563. The van der Waals surface area contributed by atoms with Crippen LogP contribution in [0.25, 0.3) is 10.8 Å². The van der Waals surface area contributed by atoms with Gasteiger partial charge >= 0.3 is 0 Å². The van der Waals surface area contributed by atoms with Crippen molar-refractivity contribution in [2.24, 2.45) is 0 Å². The molecule has 0 fully saturated rings. The Kier molecular flexibility index (Phi) is 1.63. The maximum Gasteiger partial charge on any atom is 0.234 e. The molecule has 0 unspecified atom stereocenters. The molecule has 0 spiro atoms. The van der Waals surface area contributed by atoms with Crippen LogP contribution in [0.2, 0.25) is 0 Å². The van der Waals surface area contributed by atoms with E-state index in [0.29, 0.717) is 5.56 Å². The zero-order valence-electron chi connectivity index (χ0n) is 6.37. The van der Waals surface area contributed by atoms with Crippen LogP contribution in [0.4, 0.5) is 0 Å². The molecule has 0 aliphatic rings. The molecule has 1 heteroatoms. The summed E-state index contributed by atoms with van der Waals surface area (Å²) >= 11 is 0. The lowest BCUT2D eigenvalue weighted by Crippen LogP contribution is -1.82. The predicted octanol–water partition coefficient (Wildman–Crippen LogP) is 2.10. The second kappa shape index (κ2) is 2.78. The van der Waals surface area contributed by atoms with Gasteiger partial charge in [0.25, 0.3) is 0 Å². The molecular weight excluding hydrogens is 148 g/mol. The highest BCUT2D eigenvalue weighted by Gasteiger charge is 1.97. The average molecular weight is 154 g/mol. The summed E-state index contributed by atoms with van der Waals surface area (Å²) in [7, 11) is 0. The van der Waals surface area contributed by atoms with E-state index in [9.17, 15) is 4.79 Å². The van der Waals surface area contributed by atoms with E-state index in [4.69, 9.17) is 0 Å². The maximum atomic E-state index is 10.5. The first-order valence-corrected chi connectivity index (χ1v) is 3.69. The van der Waals surface area contributed by atoms with Crippen LogP contribution in [0.5, 0.6) is 0 Å². The van der Waals surface area contributed by atoms with Crippen LogP contribution < -0.4 is 0 Å². The monoisotopic (exact) mass is 154 g/mol. The number of hydrogen-bond donors (Lipinski definition) is 0. The molecule has 56 valence electrons. The van der Waals surface area contributed by atoms with E-state index in [-0.39, 0.29) is 0 Å². The maximum absolute atomic E-state index is 10.5. The third-order valence-corrected chi connectivity index (χ3v) is 1.82. The highest BCUT2D eigenvalue weighted by Crippen LogP contribution is 2.15. The predicted molar refractivity (Wildman–Crippen MR) is 47.6 cm³/mol. The average Bonchev–Trinajstić information content (AvgIpc) is 2.17. The molecule has 0 saturated carbocycles. The number of rotatable bonds is 1. The molecule has 12 heavy (non-hydrogen) atoms. The van der Waals surface area contributed by atoms with Gasteiger partial charge in [-0.15, -0.1) is 0 Å². The molecule has 2 aromatic carbocycles. The van der Waals surface area contributed by atoms with E-state index in [2.05, 4.69) is 6.07 Å². The summed E-state index contributed by atoms with van der Waals surface area (Å²) < 4.78 is 0. The normalized spacial score (nSPS) is 10.0. The van der Waals surface area contributed by atoms with E-state index in [1.807, 2.05) is 36.6 Å². The Morgan fingerprint density at radius 1 is 1.17 bits per heavy atom. The van der Waals surface area contributed by atoms with Crippen LogP contribution >= 0.6 is 0 Å². The van der Waals surface area contributed by atoms with Crippen LogP contribution in [-0.4, -0.2) is 6.29 Å². The first kappa shape index (κ1) is 7.04. The smallest absolute Gasteiger partial charge is 0.234 e. The van der Waals surface area contributed by atoms with Crippen molar-refractivity contribution in [2.45, 2.75) is 0 Å². The van der Waals surface area contributed by atoms with Gasteiger partial charge in [-0.2, -0.15) is 0 Å². The summed E-state index contributed by atoms with van der Waals surface area (Å²) in [5.41, 5.74) is 0.508. The zero-order chi connectivity index (χ0) is 8.39.